The van der Waals surface area contributed by atoms with Gasteiger partial charge < -0.3 is 0 Å². The summed E-state index contributed by atoms with van der Waals surface area (Å²) in [7, 11) is 0. The molecule has 0 spiro atoms. The molecule has 16 heavy (non-hydrogen) atoms. The van der Waals surface area contributed by atoms with Crippen LogP contribution in [0.25, 0.3) is 11.2 Å². The molecule has 0 atom stereocenters. The molecule has 0 unspecified atom stereocenters. The van der Waals surface area contributed by atoms with E-state index in [1.165, 1.54) is 16.8 Å². The van der Waals surface area contributed by atoms with Crippen LogP contribution in [0.4, 0.5) is 0 Å². The van der Waals surface area contributed by atoms with Crippen LogP contribution in [0.1, 0.15) is 5.56 Å². The average molecular weight is 209 g/mol. The molecule has 0 fully saturated rings. The van der Waals surface area contributed by atoms with Crippen LogP contribution < -0.4 is 4.57 Å². The van der Waals surface area contributed by atoms with Crippen LogP contribution in [0.15, 0.2) is 61.2 Å². The second-order valence-corrected chi connectivity index (χ2v) is 4.02. The molecule has 0 saturated heterocycles. The lowest BCUT2D eigenvalue weighted by atomic mass is 10.2. The number of pyridine rings is 1. The summed E-state index contributed by atoms with van der Waals surface area (Å²) in [6.07, 6.45) is 6.27. The van der Waals surface area contributed by atoms with Gasteiger partial charge in [0.1, 0.15) is 11.9 Å². The highest BCUT2D eigenvalue weighted by Crippen LogP contribution is 2.05. The Morgan fingerprint density at radius 3 is 2.56 bits per heavy atom. The van der Waals surface area contributed by atoms with Gasteiger partial charge in [-0.3, -0.25) is 0 Å². The minimum atomic E-state index is 1.19. The number of nitrogens with zero attached hydrogens (tertiary/aromatic N) is 2. The van der Waals surface area contributed by atoms with Crippen molar-refractivity contribution in [3.8, 4) is 5.69 Å². The van der Waals surface area contributed by atoms with Gasteiger partial charge in [-0.25, -0.2) is 8.97 Å². The highest BCUT2D eigenvalue weighted by atomic mass is 15.1. The number of aryl methyl sites for hydroxylation is 1. The van der Waals surface area contributed by atoms with E-state index in [1.807, 2.05) is 6.07 Å². The Bertz CT molecular complexity index is 588. The normalized spacial score (nSPS) is 10.8. The van der Waals surface area contributed by atoms with Crippen LogP contribution >= 0.6 is 0 Å². The first-order valence-corrected chi connectivity index (χ1v) is 5.38. The van der Waals surface area contributed by atoms with Crippen LogP contribution in [-0.4, -0.2) is 4.40 Å². The van der Waals surface area contributed by atoms with Crippen molar-refractivity contribution < 1.29 is 4.57 Å². The van der Waals surface area contributed by atoms with E-state index in [2.05, 4.69) is 71.0 Å². The highest BCUT2D eigenvalue weighted by molar-refractivity contribution is 5.42. The summed E-state index contributed by atoms with van der Waals surface area (Å²) in [6.45, 7) is 2.10. The summed E-state index contributed by atoms with van der Waals surface area (Å²) in [6, 6.07) is 14.7. The van der Waals surface area contributed by atoms with E-state index in [9.17, 15) is 0 Å². The maximum Gasteiger partial charge on any atom is 0.254 e. The van der Waals surface area contributed by atoms with Gasteiger partial charge in [0.2, 0.25) is 0 Å². The number of hydrogen-bond acceptors (Lipinski definition) is 0. The predicted octanol–water partition coefficient (Wildman–Crippen LogP) is 2.52. The van der Waals surface area contributed by atoms with Crippen LogP contribution in [0.2, 0.25) is 0 Å². The van der Waals surface area contributed by atoms with Crippen LogP contribution in [-0.2, 0) is 0 Å². The lowest BCUT2D eigenvalue weighted by Crippen LogP contribution is -2.26. The summed E-state index contributed by atoms with van der Waals surface area (Å²) in [5.74, 6) is 0. The van der Waals surface area contributed by atoms with E-state index in [0.29, 0.717) is 0 Å². The molecule has 2 nitrogen and oxygen atoms in total. The van der Waals surface area contributed by atoms with Gasteiger partial charge in [0.15, 0.2) is 5.52 Å². The maximum absolute atomic E-state index is 2.13. The summed E-state index contributed by atoms with van der Waals surface area (Å²) in [5, 5.41) is 0. The van der Waals surface area contributed by atoms with Crippen LogP contribution in [0.5, 0.6) is 0 Å². The Kier molecular flexibility index (Phi) is 2.00. The zero-order valence-corrected chi connectivity index (χ0v) is 9.17. The molecule has 0 bridgehead atoms. The molecular formula is C14H13N2+. The first kappa shape index (κ1) is 9.16. The van der Waals surface area contributed by atoms with Crippen molar-refractivity contribution >= 4 is 5.52 Å². The zero-order valence-electron chi connectivity index (χ0n) is 9.17. The van der Waals surface area contributed by atoms with Crippen molar-refractivity contribution in [2.75, 3.05) is 0 Å². The fraction of sp³-hybridized carbons (Fsp3) is 0.0714. The van der Waals surface area contributed by atoms with E-state index in [1.54, 1.807) is 0 Å². The van der Waals surface area contributed by atoms with Crippen LogP contribution in [0.3, 0.4) is 0 Å². The second-order valence-electron chi connectivity index (χ2n) is 4.02. The van der Waals surface area contributed by atoms with Crippen molar-refractivity contribution in [2.45, 2.75) is 6.92 Å². The van der Waals surface area contributed by atoms with Gasteiger partial charge >= 0.3 is 0 Å². The molecule has 0 radical (unpaired) electrons. The molecule has 0 amide bonds. The van der Waals surface area contributed by atoms with Crippen molar-refractivity contribution in [2.24, 2.45) is 0 Å². The Morgan fingerprint density at radius 1 is 1.00 bits per heavy atom. The second kappa shape index (κ2) is 3.49. The standard InChI is InChI=1S/C14H13N2/c1-12-5-7-13(8-6-12)16-10-14-4-2-3-9-15(14)11-16/h2-11H,1H3/q+1. The fourth-order valence-electron chi connectivity index (χ4n) is 1.85. The Hall–Kier alpha value is -2.09. The van der Waals surface area contributed by atoms with Crippen molar-refractivity contribution in [1.82, 2.24) is 4.40 Å². The van der Waals surface area contributed by atoms with Gasteiger partial charge in [-0.15, -0.1) is 0 Å². The minimum Gasteiger partial charge on any atom is -0.202 e. The van der Waals surface area contributed by atoms with Crippen molar-refractivity contribution in [1.29, 1.82) is 0 Å². The highest BCUT2D eigenvalue weighted by Gasteiger charge is 2.06. The summed E-state index contributed by atoms with van der Waals surface area (Å²) in [5.41, 5.74) is 3.67. The SMILES string of the molecule is Cc1ccc(-[n+]2cc3ccccn3c2)cc1. The first-order chi connectivity index (χ1) is 7.83. The molecule has 2 heteroatoms. The monoisotopic (exact) mass is 209 g/mol. The van der Waals surface area contributed by atoms with Gasteiger partial charge in [-0.1, -0.05) is 23.8 Å². The van der Waals surface area contributed by atoms with E-state index < -0.39 is 0 Å². The molecule has 0 N–H and O–H groups in total. The Labute approximate surface area is 94.4 Å². The number of rotatable bonds is 1. The number of benzene rings is 1. The number of imidazole rings is 1. The quantitative estimate of drug-likeness (QED) is 0.544. The summed E-state index contributed by atoms with van der Waals surface area (Å²) < 4.78 is 4.24. The molecule has 2 heterocycles. The molecule has 0 aliphatic heterocycles. The molecule has 0 saturated carbocycles. The minimum absolute atomic E-state index is 1.19. The Morgan fingerprint density at radius 2 is 1.81 bits per heavy atom. The van der Waals surface area contributed by atoms with Gasteiger partial charge in [0.25, 0.3) is 6.33 Å². The van der Waals surface area contributed by atoms with Gasteiger partial charge in [0.05, 0.1) is 6.20 Å². The molecule has 3 aromatic rings. The summed E-state index contributed by atoms with van der Waals surface area (Å²) in [4.78, 5) is 0. The van der Waals surface area contributed by atoms with Gasteiger partial charge in [0, 0.05) is 0 Å². The fourth-order valence-corrected chi connectivity index (χ4v) is 1.85. The maximum atomic E-state index is 2.13. The molecule has 0 aliphatic carbocycles. The van der Waals surface area contributed by atoms with E-state index in [4.69, 9.17) is 0 Å². The third kappa shape index (κ3) is 1.48. The Balaban J connectivity index is 2.15. The molecular weight excluding hydrogens is 196 g/mol. The number of fused-ring (bicyclic) bond motifs is 1. The van der Waals surface area contributed by atoms with E-state index >= 15 is 0 Å². The number of aromatic nitrogens is 2. The third-order valence-electron chi connectivity index (χ3n) is 2.78. The molecule has 78 valence electrons. The van der Waals surface area contributed by atoms with E-state index in [0.717, 1.165) is 0 Å². The third-order valence-corrected chi connectivity index (χ3v) is 2.78. The lowest BCUT2D eigenvalue weighted by Gasteiger charge is -1.95. The lowest BCUT2D eigenvalue weighted by molar-refractivity contribution is -0.594. The topological polar surface area (TPSA) is 8.29 Å². The average Bonchev–Trinajstić information content (AvgIpc) is 2.73. The van der Waals surface area contributed by atoms with Crippen molar-refractivity contribution in [3.63, 3.8) is 0 Å². The molecule has 0 aliphatic rings. The smallest absolute Gasteiger partial charge is 0.202 e. The summed E-state index contributed by atoms with van der Waals surface area (Å²) >= 11 is 0. The predicted molar refractivity (Wildman–Crippen MR) is 63.7 cm³/mol. The molecule has 2 aromatic heterocycles. The largest absolute Gasteiger partial charge is 0.254 e. The molecule has 1 aromatic carbocycles. The van der Waals surface area contributed by atoms with Gasteiger partial charge in [-0.05, 0) is 31.2 Å². The van der Waals surface area contributed by atoms with Crippen molar-refractivity contribution in [3.05, 3.63) is 66.7 Å². The zero-order chi connectivity index (χ0) is 11.0. The molecule has 3 rings (SSSR count). The van der Waals surface area contributed by atoms with Gasteiger partial charge in [-0.2, -0.15) is 0 Å². The van der Waals surface area contributed by atoms with Crippen LogP contribution in [0, 0.1) is 6.92 Å². The number of hydrogen-bond donors (Lipinski definition) is 0. The van der Waals surface area contributed by atoms with E-state index in [-0.39, 0.29) is 0 Å². The first-order valence-electron chi connectivity index (χ1n) is 5.38.